The highest BCUT2D eigenvalue weighted by Gasteiger charge is 2.40. The Hall–Kier alpha value is -0.480. The van der Waals surface area contributed by atoms with Crippen LogP contribution in [0.15, 0.2) is 18.2 Å². The second-order valence-corrected chi connectivity index (χ2v) is 6.62. The molecule has 0 aromatic heterocycles. The van der Waals surface area contributed by atoms with Crippen molar-refractivity contribution >= 4 is 41.5 Å². The number of fused-ring (bicyclic) bond motifs is 1. The summed E-state index contributed by atoms with van der Waals surface area (Å²) in [6.07, 6.45) is 3.41. The van der Waals surface area contributed by atoms with E-state index < -0.39 is 0 Å². The minimum atomic E-state index is -0.0286. The average Bonchev–Trinajstić information content (AvgIpc) is 2.87. The van der Waals surface area contributed by atoms with Gasteiger partial charge < -0.3 is 10.6 Å². The van der Waals surface area contributed by atoms with E-state index in [0.717, 1.165) is 19.5 Å². The van der Waals surface area contributed by atoms with Gasteiger partial charge in [0.25, 0.3) is 5.91 Å². The van der Waals surface area contributed by atoms with Crippen molar-refractivity contribution in [3.8, 4) is 0 Å². The second-order valence-electron chi connectivity index (χ2n) is 5.83. The molecular formula is C15H19Cl3N2O. The van der Waals surface area contributed by atoms with E-state index >= 15 is 0 Å². The summed E-state index contributed by atoms with van der Waals surface area (Å²) in [5.74, 6) is 0.949. The normalized spacial score (nSPS) is 28.0. The van der Waals surface area contributed by atoms with Gasteiger partial charge >= 0.3 is 0 Å². The molecule has 3 rings (SSSR count). The number of hydrogen-bond donors (Lipinski definition) is 1. The van der Waals surface area contributed by atoms with Crippen molar-refractivity contribution in [2.45, 2.75) is 25.3 Å². The fourth-order valence-corrected chi connectivity index (χ4v) is 3.90. The third-order valence-electron chi connectivity index (χ3n) is 4.62. The van der Waals surface area contributed by atoms with Gasteiger partial charge in [0.05, 0.1) is 15.6 Å². The first-order valence-corrected chi connectivity index (χ1v) is 7.82. The lowest BCUT2D eigenvalue weighted by atomic mass is 9.78. The molecule has 0 radical (unpaired) electrons. The lowest BCUT2D eigenvalue weighted by Gasteiger charge is -2.29. The summed E-state index contributed by atoms with van der Waals surface area (Å²) >= 11 is 12.1. The number of carbonyl (C=O) groups is 1. The van der Waals surface area contributed by atoms with Crippen molar-refractivity contribution in [3.05, 3.63) is 33.8 Å². The Kier molecular flexibility index (Phi) is 5.42. The molecule has 1 amide bonds. The molecule has 116 valence electrons. The average molecular weight is 350 g/mol. The summed E-state index contributed by atoms with van der Waals surface area (Å²) in [5, 5.41) is 0.768. The quantitative estimate of drug-likeness (QED) is 0.842. The summed E-state index contributed by atoms with van der Waals surface area (Å²) in [4.78, 5) is 14.5. The van der Waals surface area contributed by atoms with Gasteiger partial charge in [0, 0.05) is 19.1 Å². The molecule has 3 nitrogen and oxygen atoms in total. The van der Waals surface area contributed by atoms with Crippen molar-refractivity contribution in [1.82, 2.24) is 4.90 Å². The standard InChI is InChI=1S/C15H18Cl2N2O.ClH/c16-12-5-2-4-10(14(12)17)15(20)19-7-9-3-1-6-13(18)11(9)8-19;/h2,4-5,9,11,13H,1,3,6-8,18H2;1H. The molecule has 6 heteroatoms. The smallest absolute Gasteiger partial charge is 0.255 e. The van der Waals surface area contributed by atoms with E-state index in [1.54, 1.807) is 18.2 Å². The molecule has 1 aliphatic carbocycles. The van der Waals surface area contributed by atoms with Crippen LogP contribution < -0.4 is 5.73 Å². The molecule has 1 aromatic rings. The fourth-order valence-electron chi connectivity index (χ4n) is 3.52. The fraction of sp³-hybridized carbons (Fsp3) is 0.533. The highest BCUT2D eigenvalue weighted by atomic mass is 35.5. The van der Waals surface area contributed by atoms with Crippen LogP contribution in [0, 0.1) is 11.8 Å². The van der Waals surface area contributed by atoms with E-state index in [4.69, 9.17) is 28.9 Å². The predicted molar refractivity (Wildman–Crippen MR) is 88.4 cm³/mol. The van der Waals surface area contributed by atoms with Crippen molar-refractivity contribution in [1.29, 1.82) is 0 Å². The van der Waals surface area contributed by atoms with E-state index in [1.807, 2.05) is 4.90 Å². The zero-order valence-corrected chi connectivity index (χ0v) is 13.9. The largest absolute Gasteiger partial charge is 0.338 e. The lowest BCUT2D eigenvalue weighted by Crippen LogP contribution is -2.38. The van der Waals surface area contributed by atoms with Crippen LogP contribution in [0.5, 0.6) is 0 Å². The van der Waals surface area contributed by atoms with E-state index in [-0.39, 0.29) is 24.4 Å². The van der Waals surface area contributed by atoms with E-state index in [0.29, 0.717) is 27.4 Å². The third-order valence-corrected chi connectivity index (χ3v) is 5.44. The maximum absolute atomic E-state index is 12.6. The van der Waals surface area contributed by atoms with Crippen LogP contribution in [0.1, 0.15) is 29.6 Å². The highest BCUT2D eigenvalue weighted by molar-refractivity contribution is 6.43. The lowest BCUT2D eigenvalue weighted by molar-refractivity contribution is 0.0783. The summed E-state index contributed by atoms with van der Waals surface area (Å²) in [7, 11) is 0. The number of amides is 1. The first-order valence-electron chi connectivity index (χ1n) is 7.07. The Balaban J connectivity index is 0.00000161. The number of nitrogens with zero attached hydrogens (tertiary/aromatic N) is 1. The van der Waals surface area contributed by atoms with Gasteiger partial charge in [-0.2, -0.15) is 0 Å². The van der Waals surface area contributed by atoms with Crippen LogP contribution in [-0.4, -0.2) is 29.9 Å². The molecule has 1 saturated carbocycles. The van der Waals surface area contributed by atoms with Gasteiger partial charge in [0.1, 0.15) is 0 Å². The predicted octanol–water partition coefficient (Wildman–Crippen LogP) is 3.61. The van der Waals surface area contributed by atoms with E-state index in [9.17, 15) is 4.79 Å². The summed E-state index contributed by atoms with van der Waals surface area (Å²) < 4.78 is 0. The van der Waals surface area contributed by atoms with E-state index in [2.05, 4.69) is 0 Å². The van der Waals surface area contributed by atoms with Gasteiger partial charge in [-0.25, -0.2) is 0 Å². The molecule has 1 aliphatic heterocycles. The molecule has 1 heterocycles. The highest BCUT2D eigenvalue weighted by Crippen LogP contribution is 2.37. The SMILES string of the molecule is Cl.NC1CCCC2CN(C(=O)c3cccc(Cl)c3Cl)CC12. The maximum Gasteiger partial charge on any atom is 0.255 e. The van der Waals surface area contributed by atoms with Gasteiger partial charge in [-0.3, -0.25) is 4.79 Å². The molecule has 21 heavy (non-hydrogen) atoms. The molecule has 2 N–H and O–H groups in total. The van der Waals surface area contributed by atoms with Crippen molar-refractivity contribution in [2.24, 2.45) is 17.6 Å². The Morgan fingerprint density at radius 3 is 2.71 bits per heavy atom. The molecule has 0 spiro atoms. The summed E-state index contributed by atoms with van der Waals surface area (Å²) in [5.41, 5.74) is 6.68. The van der Waals surface area contributed by atoms with Crippen molar-refractivity contribution < 1.29 is 4.79 Å². The van der Waals surface area contributed by atoms with Gasteiger partial charge in [0.2, 0.25) is 0 Å². The van der Waals surface area contributed by atoms with Crippen LogP contribution >= 0.6 is 35.6 Å². The zero-order chi connectivity index (χ0) is 14.3. The molecule has 1 aromatic carbocycles. The Morgan fingerprint density at radius 1 is 1.24 bits per heavy atom. The molecule has 1 saturated heterocycles. The maximum atomic E-state index is 12.6. The number of benzene rings is 1. The first kappa shape index (κ1) is 16.9. The van der Waals surface area contributed by atoms with Gasteiger partial charge in [0.15, 0.2) is 0 Å². The number of hydrogen-bond acceptors (Lipinski definition) is 2. The minimum Gasteiger partial charge on any atom is -0.338 e. The zero-order valence-electron chi connectivity index (χ0n) is 11.6. The van der Waals surface area contributed by atoms with Gasteiger partial charge in [-0.1, -0.05) is 35.7 Å². The van der Waals surface area contributed by atoms with Gasteiger partial charge in [-0.15, -0.1) is 12.4 Å². The van der Waals surface area contributed by atoms with Crippen LogP contribution in [0.3, 0.4) is 0 Å². The Labute approximate surface area is 141 Å². The molecule has 2 fully saturated rings. The van der Waals surface area contributed by atoms with Crippen LogP contribution in [0.4, 0.5) is 0 Å². The summed E-state index contributed by atoms with van der Waals surface area (Å²) in [6.45, 7) is 1.54. The van der Waals surface area contributed by atoms with Crippen molar-refractivity contribution in [2.75, 3.05) is 13.1 Å². The molecule has 3 unspecified atom stereocenters. The van der Waals surface area contributed by atoms with Crippen LogP contribution in [0.25, 0.3) is 0 Å². The van der Waals surface area contributed by atoms with E-state index in [1.165, 1.54) is 12.8 Å². The molecule has 3 atom stereocenters. The molecule has 2 aliphatic rings. The number of halogens is 3. The number of carbonyl (C=O) groups excluding carboxylic acids is 1. The number of rotatable bonds is 1. The monoisotopic (exact) mass is 348 g/mol. The second kappa shape index (κ2) is 6.74. The molecule has 0 bridgehead atoms. The topological polar surface area (TPSA) is 46.3 Å². The van der Waals surface area contributed by atoms with Crippen LogP contribution in [-0.2, 0) is 0 Å². The Bertz CT molecular complexity index is 538. The third kappa shape index (κ3) is 3.16. The first-order chi connectivity index (χ1) is 9.58. The summed E-state index contributed by atoms with van der Waals surface area (Å²) in [6, 6.07) is 5.41. The number of likely N-dealkylation sites (tertiary alicyclic amines) is 1. The molecular weight excluding hydrogens is 331 g/mol. The minimum absolute atomic E-state index is 0. The Morgan fingerprint density at radius 2 is 2.00 bits per heavy atom. The van der Waals surface area contributed by atoms with Crippen molar-refractivity contribution in [3.63, 3.8) is 0 Å². The van der Waals surface area contributed by atoms with Gasteiger partial charge in [-0.05, 0) is 36.8 Å². The number of nitrogens with two attached hydrogens (primary N) is 1. The van der Waals surface area contributed by atoms with Crippen LogP contribution in [0.2, 0.25) is 10.0 Å².